The van der Waals surface area contributed by atoms with Crippen molar-refractivity contribution in [3.05, 3.63) is 16.0 Å². The van der Waals surface area contributed by atoms with Gasteiger partial charge in [-0.15, -0.1) is 45.8 Å². The zero-order valence-electron chi connectivity index (χ0n) is 18.8. The first-order valence-corrected chi connectivity index (χ1v) is 15.1. The molecule has 0 N–H and O–H groups in total. The quantitative estimate of drug-likeness (QED) is 0.409. The fourth-order valence-corrected chi connectivity index (χ4v) is 9.48. The number of ketones is 1. The molecule has 0 fully saturated rings. The van der Waals surface area contributed by atoms with Crippen LogP contribution in [0.3, 0.4) is 0 Å². The molecule has 12 heteroatoms. The summed E-state index contributed by atoms with van der Waals surface area (Å²) in [5.74, 6) is 7.04. The van der Waals surface area contributed by atoms with Gasteiger partial charge in [-0.3, -0.25) is 4.42 Å². The molecule has 0 aromatic carbocycles. The van der Waals surface area contributed by atoms with Crippen LogP contribution in [0.5, 0.6) is 34.5 Å². The Balaban J connectivity index is 1.31. The Bertz CT molecular complexity index is 1440. The molecule has 0 saturated carbocycles. The fourth-order valence-electron chi connectivity index (χ4n) is 4.64. The summed E-state index contributed by atoms with van der Waals surface area (Å²) in [6.07, 6.45) is 0. The molecule has 36 heavy (non-hydrogen) atoms. The third kappa shape index (κ3) is 3.20. The van der Waals surface area contributed by atoms with Crippen LogP contribution >= 0.6 is 45.8 Å². The van der Waals surface area contributed by atoms with E-state index in [0.29, 0.717) is 52.9 Å². The lowest BCUT2D eigenvalue weighted by molar-refractivity contribution is -0.467. The van der Waals surface area contributed by atoms with Gasteiger partial charge in [0.25, 0.3) is 6.61 Å². The number of carbonyl (C=O) groups excluding carboxylic acids is 1. The molecule has 3 aromatic heterocycles. The zero-order chi connectivity index (χ0) is 23.6. The molecule has 0 saturated heterocycles. The van der Waals surface area contributed by atoms with E-state index in [9.17, 15) is 0 Å². The molecule has 0 atom stereocenters. The Hall–Kier alpha value is -2.54. The maximum absolute atomic E-state index is 6.21. The molecule has 0 bridgehead atoms. The van der Waals surface area contributed by atoms with E-state index < -0.39 is 0 Å². The monoisotopic (exact) mass is 563 g/mol. The molecule has 8 heterocycles. The number of hydrogen-bond acceptors (Lipinski definition) is 11. The number of fused-ring (bicyclic) bond motifs is 4. The first-order valence-electron chi connectivity index (χ1n) is 11.6. The summed E-state index contributed by atoms with van der Waals surface area (Å²) in [4.78, 5) is 5.96. The van der Waals surface area contributed by atoms with Crippen molar-refractivity contribution in [2.24, 2.45) is 0 Å². The lowest BCUT2D eigenvalue weighted by Crippen LogP contribution is -2.18. The van der Waals surface area contributed by atoms with E-state index in [1.54, 1.807) is 45.8 Å². The second-order valence-corrected chi connectivity index (χ2v) is 12.2. The molecule has 8 rings (SSSR count). The van der Waals surface area contributed by atoms with E-state index in [2.05, 4.69) is 0 Å². The molecule has 0 aliphatic carbocycles. The number of rotatable bonds is 3. The molecule has 0 spiro atoms. The SMILES string of the molecule is c1sc(-c2sc(-c3sc(C4=C5OCC[O+]=C5CS4)c4c3OCCO4)c3c2OCCO3)c2c1OCCO2. The highest BCUT2D eigenvalue weighted by Crippen LogP contribution is 2.63. The number of allylic oxidation sites excluding steroid dienone is 1. The van der Waals surface area contributed by atoms with E-state index in [0.717, 1.165) is 81.1 Å². The van der Waals surface area contributed by atoms with Gasteiger partial charge in [0, 0.05) is 5.38 Å². The van der Waals surface area contributed by atoms with Gasteiger partial charge in [-0.2, -0.15) is 0 Å². The van der Waals surface area contributed by atoms with Crippen molar-refractivity contribution in [2.75, 3.05) is 58.6 Å². The number of hydrogen-bond donors (Lipinski definition) is 0. The molecular weight excluding hydrogens is 545 g/mol. The molecule has 0 radical (unpaired) electrons. The summed E-state index contributed by atoms with van der Waals surface area (Å²) < 4.78 is 48.4. The molecule has 0 amide bonds. The highest BCUT2D eigenvalue weighted by atomic mass is 32.2. The maximum atomic E-state index is 6.21. The third-order valence-corrected chi connectivity index (χ3v) is 10.9. The Morgan fingerprint density at radius 1 is 0.583 bits per heavy atom. The lowest BCUT2D eigenvalue weighted by Gasteiger charge is -2.19. The summed E-state index contributed by atoms with van der Waals surface area (Å²) in [5, 5.41) is 1.99. The highest BCUT2D eigenvalue weighted by Gasteiger charge is 2.41. The van der Waals surface area contributed by atoms with Crippen LogP contribution in [0.2, 0.25) is 0 Å². The van der Waals surface area contributed by atoms with Gasteiger partial charge in [0.1, 0.15) is 45.4 Å². The first-order chi connectivity index (χ1) is 17.9. The van der Waals surface area contributed by atoms with Gasteiger partial charge in [0.2, 0.25) is 5.76 Å². The molecular formula is C24H19O8S4+. The average molecular weight is 564 g/mol. The Morgan fingerprint density at radius 2 is 1.17 bits per heavy atom. The van der Waals surface area contributed by atoms with Crippen LogP contribution in [0, 0.1) is 0 Å². The standard InChI is InChI=1S/C24H19O8S4/c1-3-27-13-11(25-1)9-33-19(13)21-15-17(31-7-5-29-15)23(35-21)24-18-16(30-6-8-32-18)22(36-24)20-14-12(10-34-20)26-2-4-28-14/h9H,1-8,10H2/q+1. The Labute approximate surface area is 222 Å². The van der Waals surface area contributed by atoms with Gasteiger partial charge in [0.15, 0.2) is 41.1 Å². The smallest absolute Gasteiger partial charge is 0.372 e. The van der Waals surface area contributed by atoms with Crippen LogP contribution in [0.4, 0.5) is 0 Å². The van der Waals surface area contributed by atoms with Crippen LogP contribution in [0.15, 0.2) is 11.1 Å². The van der Waals surface area contributed by atoms with Crippen LogP contribution in [0.1, 0.15) is 4.88 Å². The minimum atomic E-state index is 0.491. The number of thioether (sulfide) groups is 1. The van der Waals surface area contributed by atoms with Gasteiger partial charge < -0.3 is 33.2 Å². The predicted molar refractivity (Wildman–Crippen MR) is 139 cm³/mol. The van der Waals surface area contributed by atoms with Crippen molar-refractivity contribution in [3.8, 4) is 54.0 Å². The third-order valence-electron chi connectivity index (χ3n) is 6.13. The van der Waals surface area contributed by atoms with Crippen LogP contribution in [-0.4, -0.2) is 64.4 Å². The molecule has 3 aromatic rings. The average Bonchev–Trinajstić information content (AvgIpc) is 3.71. The summed E-state index contributed by atoms with van der Waals surface area (Å²) in [6.45, 7) is 4.20. The summed E-state index contributed by atoms with van der Waals surface area (Å²) in [6, 6.07) is 0. The van der Waals surface area contributed by atoms with Gasteiger partial charge >= 0.3 is 5.78 Å². The number of thiophene rings is 3. The van der Waals surface area contributed by atoms with Gasteiger partial charge in [0.05, 0.1) is 29.3 Å². The van der Waals surface area contributed by atoms with Crippen LogP contribution < -0.4 is 28.4 Å². The first kappa shape index (κ1) is 21.5. The van der Waals surface area contributed by atoms with Crippen LogP contribution in [0.25, 0.3) is 24.4 Å². The summed E-state index contributed by atoms with van der Waals surface area (Å²) in [7, 11) is 0. The normalized spacial score (nSPS) is 19.6. The lowest BCUT2D eigenvalue weighted by atomic mass is 10.2. The minimum absolute atomic E-state index is 0.491. The van der Waals surface area contributed by atoms with E-state index in [-0.39, 0.29) is 0 Å². The van der Waals surface area contributed by atoms with Crippen LogP contribution in [-0.2, 0) is 9.16 Å². The second kappa shape index (κ2) is 8.51. The second-order valence-electron chi connectivity index (χ2n) is 8.25. The van der Waals surface area contributed by atoms with Gasteiger partial charge in [-0.1, -0.05) is 0 Å². The maximum Gasteiger partial charge on any atom is 0.372 e. The van der Waals surface area contributed by atoms with E-state index in [1.807, 2.05) is 5.38 Å². The van der Waals surface area contributed by atoms with Crippen molar-refractivity contribution >= 4 is 56.5 Å². The summed E-state index contributed by atoms with van der Waals surface area (Å²) in [5.41, 5.74) is 0. The predicted octanol–water partition coefficient (Wildman–Crippen LogP) is 5.07. The minimum Gasteiger partial charge on any atom is -0.485 e. The van der Waals surface area contributed by atoms with Gasteiger partial charge in [-0.25, -0.2) is 0 Å². The van der Waals surface area contributed by atoms with Crippen molar-refractivity contribution in [1.29, 1.82) is 0 Å². The highest BCUT2D eigenvalue weighted by molar-refractivity contribution is 8.09. The van der Waals surface area contributed by atoms with E-state index in [4.69, 9.17) is 37.6 Å². The van der Waals surface area contributed by atoms with Crippen molar-refractivity contribution in [3.63, 3.8) is 0 Å². The largest absolute Gasteiger partial charge is 0.485 e. The summed E-state index contributed by atoms with van der Waals surface area (Å²) >= 11 is 6.58. The van der Waals surface area contributed by atoms with E-state index >= 15 is 0 Å². The van der Waals surface area contributed by atoms with Crippen molar-refractivity contribution in [2.45, 2.75) is 0 Å². The molecule has 5 aliphatic rings. The fraction of sp³-hybridized carbons (Fsp3) is 0.375. The zero-order valence-corrected chi connectivity index (χ0v) is 22.1. The van der Waals surface area contributed by atoms with Crippen molar-refractivity contribution in [1.82, 2.24) is 0 Å². The Kier molecular flexibility index (Phi) is 5.09. The van der Waals surface area contributed by atoms with Gasteiger partial charge in [-0.05, 0) is 0 Å². The molecule has 5 aliphatic heterocycles. The van der Waals surface area contributed by atoms with E-state index in [1.165, 1.54) is 0 Å². The molecule has 8 nitrogen and oxygen atoms in total. The van der Waals surface area contributed by atoms with Crippen molar-refractivity contribution < 1.29 is 37.6 Å². The molecule has 0 unspecified atom stereocenters. The topological polar surface area (TPSA) is 75.9 Å². The Morgan fingerprint density at radius 3 is 1.89 bits per heavy atom. The molecule has 186 valence electrons. The number of ether oxygens (including phenoxy) is 7.